The van der Waals surface area contributed by atoms with Gasteiger partial charge in [0.15, 0.2) is 6.10 Å². The van der Waals surface area contributed by atoms with Crippen LogP contribution in [-0.4, -0.2) is 37.2 Å². The first-order valence-electron chi connectivity index (χ1n) is 29.2. The van der Waals surface area contributed by atoms with E-state index in [1.807, 2.05) is 0 Å². The zero-order chi connectivity index (χ0) is 47.2. The van der Waals surface area contributed by atoms with Gasteiger partial charge in [0.2, 0.25) is 0 Å². The molecular formula is C59H112O6. The van der Waals surface area contributed by atoms with Crippen LogP contribution in [0.5, 0.6) is 0 Å². The molecule has 0 bridgehead atoms. The highest BCUT2D eigenvalue weighted by Gasteiger charge is 2.19. The van der Waals surface area contributed by atoms with Gasteiger partial charge in [0.1, 0.15) is 13.2 Å². The van der Waals surface area contributed by atoms with Crippen molar-refractivity contribution in [3.8, 4) is 0 Å². The maximum atomic E-state index is 12.8. The molecule has 0 aromatic heterocycles. The Morgan fingerprint density at radius 3 is 0.769 bits per heavy atom. The van der Waals surface area contributed by atoms with Gasteiger partial charge in [0.25, 0.3) is 0 Å². The van der Waals surface area contributed by atoms with Crippen LogP contribution < -0.4 is 0 Å². The Morgan fingerprint density at radius 1 is 0.292 bits per heavy atom. The molecule has 0 saturated carbocycles. The van der Waals surface area contributed by atoms with Crippen LogP contribution in [0.15, 0.2) is 12.2 Å². The maximum absolute atomic E-state index is 12.8. The first kappa shape index (κ1) is 63.1. The highest BCUT2D eigenvalue weighted by Crippen LogP contribution is 2.17. The van der Waals surface area contributed by atoms with Crippen molar-refractivity contribution >= 4 is 17.9 Å². The van der Waals surface area contributed by atoms with E-state index in [4.69, 9.17) is 14.2 Å². The maximum Gasteiger partial charge on any atom is 0.306 e. The summed E-state index contributed by atoms with van der Waals surface area (Å²) in [6.07, 6.45) is 62.2. The van der Waals surface area contributed by atoms with Crippen LogP contribution in [0, 0.1) is 0 Å². The second kappa shape index (κ2) is 54.8. The molecule has 0 saturated heterocycles. The average Bonchev–Trinajstić information content (AvgIpc) is 3.30. The van der Waals surface area contributed by atoms with E-state index in [0.29, 0.717) is 19.3 Å². The van der Waals surface area contributed by atoms with E-state index in [1.54, 1.807) is 0 Å². The van der Waals surface area contributed by atoms with Crippen molar-refractivity contribution in [3.05, 3.63) is 12.2 Å². The van der Waals surface area contributed by atoms with Crippen molar-refractivity contribution in [2.24, 2.45) is 0 Å². The molecule has 6 heteroatoms. The average molecular weight is 918 g/mol. The fourth-order valence-electron chi connectivity index (χ4n) is 8.85. The van der Waals surface area contributed by atoms with Gasteiger partial charge in [0.05, 0.1) is 0 Å². The molecule has 0 aliphatic heterocycles. The van der Waals surface area contributed by atoms with Crippen LogP contribution in [0.2, 0.25) is 0 Å². The van der Waals surface area contributed by atoms with E-state index in [-0.39, 0.29) is 31.1 Å². The van der Waals surface area contributed by atoms with Gasteiger partial charge in [-0.05, 0) is 44.9 Å². The number of ether oxygens (including phenoxy) is 3. The summed E-state index contributed by atoms with van der Waals surface area (Å²) in [5, 5.41) is 0. The highest BCUT2D eigenvalue weighted by molar-refractivity contribution is 5.71. The quantitative estimate of drug-likeness (QED) is 0.0262. The van der Waals surface area contributed by atoms with Gasteiger partial charge in [0, 0.05) is 19.3 Å². The lowest BCUT2D eigenvalue weighted by atomic mass is 10.0. The van der Waals surface area contributed by atoms with Crippen LogP contribution >= 0.6 is 0 Å². The third-order valence-corrected chi connectivity index (χ3v) is 13.3. The summed E-state index contributed by atoms with van der Waals surface area (Å²) in [5.41, 5.74) is 0. The third-order valence-electron chi connectivity index (χ3n) is 13.3. The normalized spacial score (nSPS) is 12.0. The summed E-state index contributed by atoms with van der Waals surface area (Å²) in [5.74, 6) is -0.845. The van der Waals surface area contributed by atoms with Crippen LogP contribution in [0.1, 0.15) is 329 Å². The summed E-state index contributed by atoms with van der Waals surface area (Å²) in [7, 11) is 0. The second-order valence-electron chi connectivity index (χ2n) is 19.9. The van der Waals surface area contributed by atoms with Gasteiger partial charge < -0.3 is 14.2 Å². The number of unbranched alkanes of at least 4 members (excludes halogenated alkanes) is 41. The van der Waals surface area contributed by atoms with Gasteiger partial charge in [-0.25, -0.2) is 0 Å². The Hall–Kier alpha value is -1.85. The van der Waals surface area contributed by atoms with Gasteiger partial charge in [-0.3, -0.25) is 14.4 Å². The summed E-state index contributed by atoms with van der Waals surface area (Å²) >= 11 is 0. The lowest BCUT2D eigenvalue weighted by Crippen LogP contribution is -2.30. The van der Waals surface area contributed by atoms with Gasteiger partial charge >= 0.3 is 17.9 Å². The molecule has 65 heavy (non-hydrogen) atoms. The van der Waals surface area contributed by atoms with Crippen molar-refractivity contribution in [3.63, 3.8) is 0 Å². The van der Waals surface area contributed by atoms with E-state index >= 15 is 0 Å². The van der Waals surface area contributed by atoms with Crippen LogP contribution in [-0.2, 0) is 28.6 Å². The molecule has 0 spiro atoms. The molecule has 0 fully saturated rings. The smallest absolute Gasteiger partial charge is 0.306 e. The number of carbonyl (C=O) groups is 3. The molecule has 0 N–H and O–H groups in total. The number of esters is 3. The van der Waals surface area contributed by atoms with E-state index < -0.39 is 6.10 Å². The molecule has 0 heterocycles. The number of rotatable bonds is 54. The van der Waals surface area contributed by atoms with Crippen molar-refractivity contribution in [2.45, 2.75) is 335 Å². The molecular weight excluding hydrogens is 805 g/mol. The molecule has 0 radical (unpaired) electrons. The van der Waals surface area contributed by atoms with Crippen LogP contribution in [0.25, 0.3) is 0 Å². The lowest BCUT2D eigenvalue weighted by Gasteiger charge is -2.18. The predicted molar refractivity (Wildman–Crippen MR) is 280 cm³/mol. The SMILES string of the molecule is CCCCCCCCCC/C=C\CCCCCCCCCCCCCCCC(=O)OCC(COC(=O)CCCCCCCCCCCCC)OC(=O)CCCCCCCCCCCCC. The molecule has 384 valence electrons. The first-order valence-corrected chi connectivity index (χ1v) is 29.2. The van der Waals surface area contributed by atoms with Gasteiger partial charge in [-0.2, -0.15) is 0 Å². The van der Waals surface area contributed by atoms with Crippen molar-refractivity contribution < 1.29 is 28.6 Å². The Bertz CT molecular complexity index is 1010. The van der Waals surface area contributed by atoms with Gasteiger partial charge in [-0.15, -0.1) is 0 Å². The van der Waals surface area contributed by atoms with Crippen molar-refractivity contribution in [1.29, 1.82) is 0 Å². The molecule has 0 aromatic rings. The monoisotopic (exact) mass is 917 g/mol. The Morgan fingerprint density at radius 2 is 0.508 bits per heavy atom. The zero-order valence-corrected chi connectivity index (χ0v) is 44.0. The van der Waals surface area contributed by atoms with Crippen LogP contribution in [0.3, 0.4) is 0 Å². The molecule has 0 aromatic carbocycles. The standard InChI is InChI=1S/C59H112O6/c1-4-7-10-13-16-19-22-23-24-25-26-27-28-29-30-31-32-33-34-35-38-40-43-46-49-52-58(61)64-55-56(65-59(62)53-50-47-44-41-37-21-18-15-12-9-6-3)54-63-57(60)51-48-45-42-39-36-20-17-14-11-8-5-2/h25-26,56H,4-24,27-55H2,1-3H3/b26-25-. The minimum Gasteiger partial charge on any atom is -0.462 e. The third kappa shape index (κ3) is 53.0. The highest BCUT2D eigenvalue weighted by atomic mass is 16.6. The van der Waals surface area contributed by atoms with E-state index in [1.165, 1.54) is 231 Å². The number of allylic oxidation sites excluding steroid dienone is 2. The number of hydrogen-bond acceptors (Lipinski definition) is 6. The van der Waals surface area contributed by atoms with Crippen molar-refractivity contribution in [2.75, 3.05) is 13.2 Å². The van der Waals surface area contributed by atoms with E-state index in [0.717, 1.165) is 57.8 Å². The summed E-state index contributed by atoms with van der Waals surface area (Å²) < 4.78 is 16.8. The van der Waals surface area contributed by atoms with E-state index in [9.17, 15) is 14.4 Å². The zero-order valence-electron chi connectivity index (χ0n) is 44.0. The van der Waals surface area contributed by atoms with Crippen molar-refractivity contribution in [1.82, 2.24) is 0 Å². The Balaban J connectivity index is 4.12. The minimum absolute atomic E-state index is 0.0640. The molecule has 0 aliphatic carbocycles. The molecule has 0 rings (SSSR count). The fraction of sp³-hybridized carbons (Fsp3) is 0.915. The molecule has 0 amide bonds. The Kier molecular flexibility index (Phi) is 53.2. The second-order valence-corrected chi connectivity index (χ2v) is 19.9. The Labute approximate surface area is 405 Å². The minimum atomic E-state index is -0.762. The molecule has 1 atom stereocenters. The fourth-order valence-corrected chi connectivity index (χ4v) is 8.85. The largest absolute Gasteiger partial charge is 0.462 e. The molecule has 6 nitrogen and oxygen atoms in total. The molecule has 0 aliphatic rings. The summed E-state index contributed by atoms with van der Waals surface area (Å²) in [6.45, 7) is 6.67. The summed E-state index contributed by atoms with van der Waals surface area (Å²) in [6, 6.07) is 0. The first-order chi connectivity index (χ1) is 32.0. The van der Waals surface area contributed by atoms with Crippen LogP contribution in [0.4, 0.5) is 0 Å². The molecule has 1 unspecified atom stereocenters. The number of carbonyl (C=O) groups excluding carboxylic acids is 3. The van der Waals surface area contributed by atoms with Gasteiger partial charge in [-0.1, -0.05) is 277 Å². The number of hydrogen-bond donors (Lipinski definition) is 0. The predicted octanol–water partition coefficient (Wildman–Crippen LogP) is 19.3. The lowest BCUT2D eigenvalue weighted by molar-refractivity contribution is -0.167. The summed E-state index contributed by atoms with van der Waals surface area (Å²) in [4.78, 5) is 38.0. The van der Waals surface area contributed by atoms with E-state index in [2.05, 4.69) is 32.9 Å². The topological polar surface area (TPSA) is 78.9 Å².